The average Bonchev–Trinajstić information content (AvgIpc) is 2.20. The third kappa shape index (κ3) is 5.18. The quantitative estimate of drug-likeness (QED) is 0.567. The van der Waals surface area contributed by atoms with Gasteiger partial charge in [0.1, 0.15) is 5.75 Å². The van der Waals surface area contributed by atoms with Gasteiger partial charge in [0.25, 0.3) is 0 Å². The van der Waals surface area contributed by atoms with E-state index in [9.17, 15) is 13.2 Å². The summed E-state index contributed by atoms with van der Waals surface area (Å²) in [6, 6.07) is 3.59. The summed E-state index contributed by atoms with van der Waals surface area (Å²) in [4.78, 5) is 0. The topological polar surface area (TPSA) is 9.23 Å². The van der Waals surface area contributed by atoms with Crippen molar-refractivity contribution in [1.29, 1.82) is 0 Å². The SMILES string of the molecule is FC(F)(F)CCOc1c(Br)cc(CBr)cc1Br. The Balaban J connectivity index is 2.72. The van der Waals surface area contributed by atoms with Crippen LogP contribution in [-0.2, 0) is 5.33 Å². The molecule has 0 aromatic heterocycles. The molecule has 0 aliphatic carbocycles. The molecule has 0 atom stereocenters. The Kier molecular flexibility index (Phi) is 5.79. The molecule has 0 spiro atoms. The van der Waals surface area contributed by atoms with Crippen molar-refractivity contribution in [2.45, 2.75) is 17.9 Å². The molecule has 0 amide bonds. The van der Waals surface area contributed by atoms with E-state index in [2.05, 4.69) is 47.8 Å². The van der Waals surface area contributed by atoms with Crippen molar-refractivity contribution in [3.63, 3.8) is 0 Å². The van der Waals surface area contributed by atoms with Gasteiger partial charge in [-0.3, -0.25) is 0 Å². The number of hydrogen-bond acceptors (Lipinski definition) is 1. The van der Waals surface area contributed by atoms with E-state index in [-0.39, 0.29) is 0 Å². The monoisotopic (exact) mass is 438 g/mol. The lowest BCUT2D eigenvalue weighted by molar-refractivity contribution is -0.139. The van der Waals surface area contributed by atoms with Crippen LogP contribution in [0.5, 0.6) is 5.75 Å². The highest BCUT2D eigenvalue weighted by molar-refractivity contribution is 9.11. The highest BCUT2D eigenvalue weighted by Crippen LogP contribution is 2.35. The molecule has 1 aromatic rings. The van der Waals surface area contributed by atoms with Gasteiger partial charge < -0.3 is 4.74 Å². The van der Waals surface area contributed by atoms with E-state index < -0.39 is 19.2 Å². The largest absolute Gasteiger partial charge is 0.491 e. The maximum Gasteiger partial charge on any atom is 0.392 e. The highest BCUT2D eigenvalue weighted by Gasteiger charge is 2.27. The Morgan fingerprint density at radius 3 is 2.06 bits per heavy atom. The van der Waals surface area contributed by atoms with Crippen LogP contribution in [-0.4, -0.2) is 12.8 Å². The molecule has 0 saturated carbocycles. The molecule has 1 nitrogen and oxygen atoms in total. The van der Waals surface area contributed by atoms with E-state index in [1.807, 2.05) is 0 Å². The number of halogens is 6. The molecule has 0 aliphatic rings. The van der Waals surface area contributed by atoms with E-state index in [0.717, 1.165) is 5.56 Å². The molecule has 0 aliphatic heterocycles. The first-order valence-corrected chi connectivity index (χ1v) is 7.27. The Morgan fingerprint density at radius 1 is 1.12 bits per heavy atom. The minimum atomic E-state index is -4.20. The van der Waals surface area contributed by atoms with Crippen LogP contribution in [0.1, 0.15) is 12.0 Å². The van der Waals surface area contributed by atoms with Crippen LogP contribution >= 0.6 is 47.8 Å². The van der Waals surface area contributed by atoms with Gasteiger partial charge in [-0.05, 0) is 49.6 Å². The van der Waals surface area contributed by atoms with Crippen molar-refractivity contribution in [1.82, 2.24) is 0 Å². The predicted octanol–water partition coefficient (Wildman–Crippen LogP) is 5.44. The molecule has 0 bridgehead atoms. The second kappa shape index (κ2) is 6.43. The van der Waals surface area contributed by atoms with Gasteiger partial charge in [0.05, 0.1) is 22.0 Å². The molecule has 0 heterocycles. The fourth-order valence-corrected chi connectivity index (χ4v) is 2.93. The number of rotatable bonds is 4. The molecule has 17 heavy (non-hydrogen) atoms. The maximum absolute atomic E-state index is 12.0. The standard InChI is InChI=1S/C10H8Br3F3O/c11-5-6-3-7(12)9(8(13)4-6)17-2-1-10(14,15)16/h3-4H,1-2,5H2. The molecule has 0 unspecified atom stereocenters. The van der Waals surface area contributed by atoms with Crippen LogP contribution < -0.4 is 4.74 Å². The van der Waals surface area contributed by atoms with E-state index in [1.54, 1.807) is 12.1 Å². The summed E-state index contributed by atoms with van der Waals surface area (Å²) >= 11 is 9.82. The third-order valence-electron chi connectivity index (χ3n) is 1.84. The lowest BCUT2D eigenvalue weighted by Gasteiger charge is -2.12. The molecule has 0 fully saturated rings. The molecule has 1 aromatic carbocycles. The second-order valence-corrected chi connectivity index (χ2v) is 5.51. The Hall–Kier alpha value is 0.250. The first-order valence-electron chi connectivity index (χ1n) is 4.57. The summed E-state index contributed by atoms with van der Waals surface area (Å²) in [5.74, 6) is 0.388. The number of hydrogen-bond donors (Lipinski definition) is 0. The molecular weight excluding hydrogens is 433 g/mol. The summed E-state index contributed by atoms with van der Waals surface area (Å²) in [5, 5.41) is 0.660. The second-order valence-electron chi connectivity index (χ2n) is 3.24. The summed E-state index contributed by atoms with van der Waals surface area (Å²) in [6.45, 7) is -0.394. The van der Waals surface area contributed by atoms with E-state index >= 15 is 0 Å². The summed E-state index contributed by atoms with van der Waals surface area (Å²) in [6.07, 6.45) is -5.17. The summed E-state index contributed by atoms with van der Waals surface area (Å²) < 4.78 is 42.3. The Labute approximate surface area is 122 Å². The van der Waals surface area contributed by atoms with Crippen LogP contribution in [0.2, 0.25) is 0 Å². The van der Waals surface area contributed by atoms with Crippen molar-refractivity contribution in [2.75, 3.05) is 6.61 Å². The minimum Gasteiger partial charge on any atom is -0.491 e. The van der Waals surface area contributed by atoms with Crippen LogP contribution in [0.15, 0.2) is 21.1 Å². The fourth-order valence-electron chi connectivity index (χ4n) is 1.10. The molecule has 1 rings (SSSR count). The van der Waals surface area contributed by atoms with Gasteiger partial charge in [0.2, 0.25) is 0 Å². The van der Waals surface area contributed by atoms with Crippen molar-refractivity contribution in [2.24, 2.45) is 0 Å². The molecule has 0 saturated heterocycles. The van der Waals surface area contributed by atoms with Crippen LogP contribution in [0.25, 0.3) is 0 Å². The zero-order valence-corrected chi connectivity index (χ0v) is 13.2. The van der Waals surface area contributed by atoms with Gasteiger partial charge in [0, 0.05) is 5.33 Å². The predicted molar refractivity (Wildman–Crippen MR) is 70.6 cm³/mol. The highest BCUT2D eigenvalue weighted by atomic mass is 79.9. The average molecular weight is 441 g/mol. The molecule has 96 valence electrons. The van der Waals surface area contributed by atoms with Crippen LogP contribution in [0, 0.1) is 0 Å². The van der Waals surface area contributed by atoms with E-state index in [1.165, 1.54) is 0 Å². The maximum atomic E-state index is 12.0. The van der Waals surface area contributed by atoms with Crippen molar-refractivity contribution in [3.8, 4) is 5.75 Å². The summed E-state index contributed by atoms with van der Waals surface area (Å²) in [7, 11) is 0. The van der Waals surface area contributed by atoms with Crippen LogP contribution in [0.4, 0.5) is 13.2 Å². The zero-order chi connectivity index (χ0) is 13.1. The van der Waals surface area contributed by atoms with Gasteiger partial charge in [-0.2, -0.15) is 13.2 Å². The number of ether oxygens (including phenoxy) is 1. The minimum absolute atomic E-state index is 0.388. The molecule has 7 heteroatoms. The lowest BCUT2D eigenvalue weighted by Crippen LogP contribution is -2.13. The number of alkyl halides is 4. The van der Waals surface area contributed by atoms with E-state index in [0.29, 0.717) is 20.0 Å². The fraction of sp³-hybridized carbons (Fsp3) is 0.400. The van der Waals surface area contributed by atoms with Crippen molar-refractivity contribution < 1.29 is 17.9 Å². The van der Waals surface area contributed by atoms with Gasteiger partial charge in [-0.25, -0.2) is 0 Å². The smallest absolute Gasteiger partial charge is 0.392 e. The molecular formula is C10H8Br3F3O. The van der Waals surface area contributed by atoms with Gasteiger partial charge in [-0.1, -0.05) is 15.9 Å². The lowest BCUT2D eigenvalue weighted by atomic mass is 10.2. The van der Waals surface area contributed by atoms with Gasteiger partial charge in [-0.15, -0.1) is 0 Å². The normalized spacial score (nSPS) is 11.6. The van der Waals surface area contributed by atoms with Crippen molar-refractivity contribution in [3.05, 3.63) is 26.6 Å². The van der Waals surface area contributed by atoms with Crippen molar-refractivity contribution >= 4 is 47.8 Å². The number of benzene rings is 1. The first kappa shape index (κ1) is 15.3. The van der Waals surface area contributed by atoms with Crippen LogP contribution in [0.3, 0.4) is 0 Å². The third-order valence-corrected chi connectivity index (χ3v) is 3.67. The Bertz CT molecular complexity index is 370. The summed E-state index contributed by atoms with van der Waals surface area (Å²) in [5.41, 5.74) is 0.993. The first-order chi connectivity index (χ1) is 7.83. The molecule has 0 N–H and O–H groups in total. The molecule has 0 radical (unpaired) electrons. The van der Waals surface area contributed by atoms with Gasteiger partial charge in [0.15, 0.2) is 0 Å². The van der Waals surface area contributed by atoms with Gasteiger partial charge >= 0.3 is 6.18 Å². The van der Waals surface area contributed by atoms with E-state index in [4.69, 9.17) is 4.74 Å². The Morgan fingerprint density at radius 2 is 1.65 bits per heavy atom. The zero-order valence-electron chi connectivity index (χ0n) is 8.45.